The van der Waals surface area contributed by atoms with Crippen molar-refractivity contribution >= 4 is 16.9 Å². The van der Waals surface area contributed by atoms with E-state index in [1.165, 1.54) is 0 Å². The lowest BCUT2D eigenvalue weighted by Gasteiger charge is -2.10. The smallest absolute Gasteiger partial charge is 0.341 e. The number of aromatic carboxylic acids is 1. The first-order valence-electron chi connectivity index (χ1n) is 6.54. The minimum atomic E-state index is -1.05. The molecule has 106 valence electrons. The summed E-state index contributed by atoms with van der Waals surface area (Å²) in [7, 11) is 0. The van der Waals surface area contributed by atoms with Crippen LogP contribution in [-0.2, 0) is 6.61 Å². The van der Waals surface area contributed by atoms with Gasteiger partial charge >= 0.3 is 5.97 Å². The topological polar surface area (TPSA) is 75.2 Å². The molecule has 3 rings (SSSR count). The predicted octanol–water partition coefficient (Wildman–Crippen LogP) is 3.15. The number of pyridine rings is 1. The van der Waals surface area contributed by atoms with Gasteiger partial charge in [0, 0.05) is 11.6 Å². The van der Waals surface area contributed by atoms with E-state index in [1.807, 2.05) is 37.3 Å². The number of nitrogens with one attached hydrogen (secondary N) is 1. The van der Waals surface area contributed by atoms with Crippen molar-refractivity contribution in [2.45, 2.75) is 13.5 Å². The zero-order chi connectivity index (χ0) is 14.8. The number of nitrogens with zero attached hydrogens (tertiary/aromatic N) is 1. The van der Waals surface area contributed by atoms with Crippen molar-refractivity contribution < 1.29 is 14.6 Å². The summed E-state index contributed by atoms with van der Waals surface area (Å²) in [5, 5.41) is 10.0. The highest BCUT2D eigenvalue weighted by atomic mass is 16.5. The second-order valence-corrected chi connectivity index (χ2v) is 4.72. The van der Waals surface area contributed by atoms with Gasteiger partial charge in [0.15, 0.2) is 0 Å². The number of carboxylic acids is 1. The number of hydrogen-bond donors (Lipinski definition) is 2. The Bertz CT molecular complexity index is 794. The quantitative estimate of drug-likeness (QED) is 0.770. The Kier molecular flexibility index (Phi) is 3.31. The van der Waals surface area contributed by atoms with Crippen LogP contribution in [0.25, 0.3) is 10.9 Å². The molecule has 2 heterocycles. The molecule has 0 aliphatic heterocycles. The van der Waals surface area contributed by atoms with Gasteiger partial charge in [-0.25, -0.2) is 9.78 Å². The zero-order valence-electron chi connectivity index (χ0n) is 11.5. The van der Waals surface area contributed by atoms with Crippen LogP contribution in [0.3, 0.4) is 0 Å². The van der Waals surface area contributed by atoms with Gasteiger partial charge in [0.05, 0.1) is 11.2 Å². The van der Waals surface area contributed by atoms with Gasteiger partial charge in [-0.2, -0.15) is 0 Å². The number of fused-ring (bicyclic) bond motifs is 1. The highest BCUT2D eigenvalue weighted by Crippen LogP contribution is 2.28. The SMILES string of the molecule is Cc1nc(OCc2ccccc2)c(C(=O)O)c2cc[nH]c12. The van der Waals surface area contributed by atoms with Crippen molar-refractivity contribution in [2.24, 2.45) is 0 Å². The zero-order valence-corrected chi connectivity index (χ0v) is 11.5. The van der Waals surface area contributed by atoms with E-state index in [2.05, 4.69) is 9.97 Å². The van der Waals surface area contributed by atoms with E-state index < -0.39 is 5.97 Å². The van der Waals surface area contributed by atoms with Crippen LogP contribution in [0.2, 0.25) is 0 Å². The molecular weight excluding hydrogens is 268 g/mol. The number of hydrogen-bond acceptors (Lipinski definition) is 3. The summed E-state index contributed by atoms with van der Waals surface area (Å²) in [6, 6.07) is 11.3. The molecule has 1 aromatic carbocycles. The number of benzene rings is 1. The summed E-state index contributed by atoms with van der Waals surface area (Å²) in [4.78, 5) is 18.8. The number of aromatic nitrogens is 2. The molecule has 21 heavy (non-hydrogen) atoms. The lowest BCUT2D eigenvalue weighted by molar-refractivity contribution is 0.0693. The average molecular weight is 282 g/mol. The lowest BCUT2D eigenvalue weighted by atomic mass is 10.1. The lowest BCUT2D eigenvalue weighted by Crippen LogP contribution is -2.07. The third-order valence-corrected chi connectivity index (χ3v) is 3.29. The molecular formula is C16H14N2O3. The van der Waals surface area contributed by atoms with E-state index in [1.54, 1.807) is 12.3 Å². The second-order valence-electron chi connectivity index (χ2n) is 4.72. The van der Waals surface area contributed by atoms with Crippen LogP contribution in [0.1, 0.15) is 21.6 Å². The van der Waals surface area contributed by atoms with Gasteiger partial charge < -0.3 is 14.8 Å². The molecule has 0 aliphatic rings. The number of carboxylic acid groups (broad SMARTS) is 1. The van der Waals surface area contributed by atoms with Crippen LogP contribution in [0.15, 0.2) is 42.6 Å². The molecule has 0 radical (unpaired) electrons. The standard InChI is InChI=1S/C16H14N2O3/c1-10-14-12(7-8-17-14)13(16(19)20)15(18-10)21-9-11-5-3-2-4-6-11/h2-8,17H,9H2,1H3,(H,19,20). The summed E-state index contributed by atoms with van der Waals surface area (Å²) in [5.41, 5.74) is 2.48. The van der Waals surface area contributed by atoms with Crippen molar-refractivity contribution in [1.82, 2.24) is 9.97 Å². The number of aryl methyl sites for hydroxylation is 1. The van der Waals surface area contributed by atoms with E-state index in [9.17, 15) is 9.90 Å². The number of ether oxygens (including phenoxy) is 1. The van der Waals surface area contributed by atoms with E-state index in [4.69, 9.17) is 4.74 Å². The van der Waals surface area contributed by atoms with E-state index in [0.29, 0.717) is 11.1 Å². The first-order valence-corrected chi connectivity index (χ1v) is 6.54. The molecule has 0 atom stereocenters. The van der Waals surface area contributed by atoms with Crippen LogP contribution in [-0.4, -0.2) is 21.0 Å². The van der Waals surface area contributed by atoms with Crippen molar-refractivity contribution in [3.05, 3.63) is 59.4 Å². The molecule has 5 nitrogen and oxygen atoms in total. The molecule has 0 saturated carbocycles. The van der Waals surface area contributed by atoms with Crippen molar-refractivity contribution in [3.8, 4) is 5.88 Å². The van der Waals surface area contributed by atoms with E-state index >= 15 is 0 Å². The molecule has 0 bridgehead atoms. The van der Waals surface area contributed by atoms with Gasteiger partial charge in [0.1, 0.15) is 12.2 Å². The maximum atomic E-state index is 11.5. The molecule has 0 aliphatic carbocycles. The molecule has 0 fully saturated rings. The molecule has 0 unspecified atom stereocenters. The number of rotatable bonds is 4. The van der Waals surface area contributed by atoms with Crippen LogP contribution < -0.4 is 4.74 Å². The third kappa shape index (κ3) is 2.45. The second kappa shape index (κ2) is 5.28. The van der Waals surface area contributed by atoms with Crippen LogP contribution in [0.4, 0.5) is 0 Å². The highest BCUT2D eigenvalue weighted by Gasteiger charge is 2.20. The van der Waals surface area contributed by atoms with Gasteiger partial charge in [0.2, 0.25) is 5.88 Å². The molecule has 2 aromatic heterocycles. The number of aromatic amines is 1. The Labute approximate surface area is 121 Å². The van der Waals surface area contributed by atoms with E-state index in [-0.39, 0.29) is 18.1 Å². The number of H-pyrrole nitrogens is 1. The van der Waals surface area contributed by atoms with Gasteiger partial charge in [0.25, 0.3) is 0 Å². The fraction of sp³-hybridized carbons (Fsp3) is 0.125. The Morgan fingerprint density at radius 2 is 2.05 bits per heavy atom. The molecule has 0 spiro atoms. The average Bonchev–Trinajstić information content (AvgIpc) is 2.95. The fourth-order valence-electron chi connectivity index (χ4n) is 2.29. The minimum absolute atomic E-state index is 0.0905. The Hall–Kier alpha value is -2.82. The molecule has 3 aromatic rings. The first kappa shape index (κ1) is 13.2. The van der Waals surface area contributed by atoms with Crippen molar-refractivity contribution in [3.63, 3.8) is 0 Å². The fourth-order valence-corrected chi connectivity index (χ4v) is 2.29. The van der Waals surface area contributed by atoms with Crippen molar-refractivity contribution in [2.75, 3.05) is 0 Å². The third-order valence-electron chi connectivity index (χ3n) is 3.29. The Morgan fingerprint density at radius 1 is 1.29 bits per heavy atom. The summed E-state index contributed by atoms with van der Waals surface area (Å²) >= 11 is 0. The molecule has 0 saturated heterocycles. The summed E-state index contributed by atoms with van der Waals surface area (Å²) in [6.07, 6.45) is 1.70. The van der Waals surface area contributed by atoms with Crippen LogP contribution in [0.5, 0.6) is 5.88 Å². The van der Waals surface area contributed by atoms with Crippen LogP contribution >= 0.6 is 0 Å². The Balaban J connectivity index is 2.01. The van der Waals surface area contributed by atoms with Gasteiger partial charge in [-0.05, 0) is 18.6 Å². The maximum absolute atomic E-state index is 11.5. The first-order chi connectivity index (χ1) is 10.2. The molecule has 5 heteroatoms. The summed E-state index contributed by atoms with van der Waals surface area (Å²) in [5.74, 6) is -0.897. The minimum Gasteiger partial charge on any atom is -0.477 e. The normalized spacial score (nSPS) is 10.7. The maximum Gasteiger partial charge on any atom is 0.341 e. The van der Waals surface area contributed by atoms with Gasteiger partial charge in [-0.1, -0.05) is 30.3 Å². The number of carbonyl (C=O) groups is 1. The monoisotopic (exact) mass is 282 g/mol. The van der Waals surface area contributed by atoms with Crippen molar-refractivity contribution in [1.29, 1.82) is 0 Å². The highest BCUT2D eigenvalue weighted by molar-refractivity contribution is 6.05. The Morgan fingerprint density at radius 3 is 2.76 bits per heavy atom. The molecule has 2 N–H and O–H groups in total. The van der Waals surface area contributed by atoms with E-state index in [0.717, 1.165) is 11.1 Å². The van der Waals surface area contributed by atoms with Crippen LogP contribution in [0, 0.1) is 6.92 Å². The largest absolute Gasteiger partial charge is 0.477 e. The van der Waals surface area contributed by atoms with Gasteiger partial charge in [-0.3, -0.25) is 0 Å². The molecule has 0 amide bonds. The summed E-state index contributed by atoms with van der Waals surface area (Å²) < 4.78 is 5.64. The van der Waals surface area contributed by atoms with Gasteiger partial charge in [-0.15, -0.1) is 0 Å². The predicted molar refractivity (Wildman–Crippen MR) is 78.6 cm³/mol. The summed E-state index contributed by atoms with van der Waals surface area (Å²) in [6.45, 7) is 2.10.